The number of amidine groups is 1. The monoisotopic (exact) mass is 381 g/mol. The van der Waals surface area contributed by atoms with Crippen LogP contribution in [0.2, 0.25) is 0 Å². The molecule has 1 aliphatic heterocycles. The predicted molar refractivity (Wildman–Crippen MR) is 96.5 cm³/mol. The fourth-order valence-corrected chi connectivity index (χ4v) is 3.89. The van der Waals surface area contributed by atoms with Gasteiger partial charge < -0.3 is 10.0 Å². The molecular weight excluding hydrogens is 358 g/mol. The molecule has 0 aliphatic carbocycles. The van der Waals surface area contributed by atoms with Crippen LogP contribution in [0.15, 0.2) is 34.2 Å². The number of hydrogen-bond donors (Lipinski definition) is 2. The second kappa shape index (κ2) is 8.31. The van der Waals surface area contributed by atoms with Crippen LogP contribution in [0.3, 0.4) is 0 Å². The van der Waals surface area contributed by atoms with Gasteiger partial charge in [-0.25, -0.2) is 8.42 Å². The average molecular weight is 381 g/mol. The van der Waals surface area contributed by atoms with Gasteiger partial charge in [0.25, 0.3) is 10.0 Å². The maximum Gasteiger partial charge on any atom is 0.305 e. The number of carboxylic acid groups (broad SMARTS) is 1. The highest BCUT2D eigenvalue weighted by Crippen LogP contribution is 2.23. The Morgan fingerprint density at radius 2 is 2.00 bits per heavy atom. The van der Waals surface area contributed by atoms with Gasteiger partial charge in [0.1, 0.15) is 11.9 Å². The molecule has 26 heavy (non-hydrogen) atoms. The van der Waals surface area contributed by atoms with Gasteiger partial charge in [-0.15, -0.1) is 0 Å². The third-order valence-electron chi connectivity index (χ3n) is 4.10. The number of hydrogen-bond acceptors (Lipinski definition) is 5. The molecule has 2 N–H and O–H groups in total. The molecule has 9 heteroatoms. The molecule has 0 spiro atoms. The summed E-state index contributed by atoms with van der Waals surface area (Å²) in [6.07, 6.45) is 1.90. The lowest BCUT2D eigenvalue weighted by molar-refractivity contribution is -0.138. The van der Waals surface area contributed by atoms with E-state index in [9.17, 15) is 18.0 Å². The average Bonchev–Trinajstić information content (AvgIpc) is 2.86. The standard InChI is InChI=1S/C17H23N3O5S/c1-3-4-8-13(17(23)20(2)11-10-15(21)22)18-16-12-7-5-6-9-14(12)26(24,25)19-16/h5-7,9,13H,3-4,8,10-11H2,1-2H3,(H,18,19)(H,21,22). The minimum atomic E-state index is -3.67. The number of benzene rings is 1. The van der Waals surface area contributed by atoms with E-state index >= 15 is 0 Å². The van der Waals surface area contributed by atoms with Crippen molar-refractivity contribution in [1.82, 2.24) is 9.62 Å². The highest BCUT2D eigenvalue weighted by Gasteiger charge is 2.32. The Balaban J connectivity index is 2.29. The molecule has 1 heterocycles. The fraction of sp³-hybridized carbons (Fsp3) is 0.471. The zero-order chi connectivity index (χ0) is 19.3. The van der Waals surface area contributed by atoms with Crippen LogP contribution in [-0.4, -0.2) is 55.8 Å². The molecule has 1 amide bonds. The van der Waals surface area contributed by atoms with Crippen molar-refractivity contribution in [3.05, 3.63) is 29.8 Å². The third kappa shape index (κ3) is 4.60. The van der Waals surface area contributed by atoms with Gasteiger partial charge >= 0.3 is 5.97 Å². The molecule has 0 saturated heterocycles. The Kier molecular flexibility index (Phi) is 6.36. The summed E-state index contributed by atoms with van der Waals surface area (Å²) in [7, 11) is -2.15. The Morgan fingerprint density at radius 1 is 1.31 bits per heavy atom. The number of unbranched alkanes of at least 4 members (excludes halogenated alkanes) is 1. The number of carboxylic acids is 1. The first kappa shape index (κ1) is 19.9. The van der Waals surface area contributed by atoms with Crippen LogP contribution in [0.1, 0.15) is 38.2 Å². The van der Waals surface area contributed by atoms with Crippen LogP contribution in [0.25, 0.3) is 0 Å². The van der Waals surface area contributed by atoms with Crippen LogP contribution >= 0.6 is 0 Å². The summed E-state index contributed by atoms with van der Waals surface area (Å²) >= 11 is 0. The lowest BCUT2D eigenvalue weighted by Gasteiger charge is -2.21. The molecule has 1 aliphatic rings. The van der Waals surface area contributed by atoms with Gasteiger partial charge in [-0.1, -0.05) is 31.9 Å². The quantitative estimate of drug-likeness (QED) is 0.702. The number of amides is 1. The smallest absolute Gasteiger partial charge is 0.305 e. The number of rotatable bonds is 8. The zero-order valence-corrected chi connectivity index (χ0v) is 15.6. The highest BCUT2D eigenvalue weighted by molar-refractivity contribution is 7.90. The molecule has 0 aromatic heterocycles. The number of nitrogens with zero attached hydrogens (tertiary/aromatic N) is 2. The second-order valence-electron chi connectivity index (χ2n) is 6.14. The van der Waals surface area contributed by atoms with E-state index in [1.165, 1.54) is 18.0 Å². The number of aliphatic imine (C=N–C) groups is 1. The summed E-state index contributed by atoms with van der Waals surface area (Å²) in [5.41, 5.74) is 0.440. The van der Waals surface area contributed by atoms with Gasteiger partial charge in [-0.3, -0.25) is 19.3 Å². The van der Waals surface area contributed by atoms with Gasteiger partial charge in [-0.2, -0.15) is 0 Å². The molecule has 0 radical (unpaired) electrons. The lowest BCUT2D eigenvalue weighted by atomic mass is 10.1. The van der Waals surface area contributed by atoms with Gasteiger partial charge in [0, 0.05) is 19.2 Å². The lowest BCUT2D eigenvalue weighted by Crippen LogP contribution is -2.38. The van der Waals surface area contributed by atoms with Crippen molar-refractivity contribution < 1.29 is 23.1 Å². The van der Waals surface area contributed by atoms with E-state index in [0.29, 0.717) is 12.0 Å². The number of sulfonamides is 1. The summed E-state index contributed by atoms with van der Waals surface area (Å²) in [5, 5.41) is 8.78. The molecule has 0 fully saturated rings. The van der Waals surface area contributed by atoms with E-state index in [1.54, 1.807) is 18.2 Å². The molecule has 1 aromatic carbocycles. The summed E-state index contributed by atoms with van der Waals surface area (Å²) in [6, 6.07) is 5.69. The SMILES string of the molecule is CCCCC(N=C1NS(=O)(=O)c2ccccc21)C(=O)N(C)CCC(=O)O. The highest BCUT2D eigenvalue weighted by atomic mass is 32.2. The van der Waals surface area contributed by atoms with Gasteiger partial charge in [-0.05, 0) is 18.6 Å². The second-order valence-corrected chi connectivity index (χ2v) is 7.79. The van der Waals surface area contributed by atoms with E-state index < -0.39 is 22.0 Å². The van der Waals surface area contributed by atoms with Crippen molar-refractivity contribution in [2.24, 2.45) is 4.99 Å². The number of carbonyl (C=O) groups excluding carboxylic acids is 1. The van der Waals surface area contributed by atoms with E-state index in [1.807, 2.05) is 6.92 Å². The van der Waals surface area contributed by atoms with Crippen molar-refractivity contribution in [2.45, 2.75) is 43.5 Å². The molecule has 1 unspecified atom stereocenters. The topological polar surface area (TPSA) is 116 Å². The molecule has 0 bridgehead atoms. The molecule has 0 saturated carbocycles. The Bertz CT molecular complexity index is 819. The first-order valence-electron chi connectivity index (χ1n) is 8.43. The first-order valence-corrected chi connectivity index (χ1v) is 9.91. The van der Waals surface area contributed by atoms with E-state index in [-0.39, 0.29) is 29.6 Å². The minimum absolute atomic E-state index is 0.0734. The molecular formula is C17H23N3O5S. The van der Waals surface area contributed by atoms with Gasteiger partial charge in [0.2, 0.25) is 5.91 Å². The van der Waals surface area contributed by atoms with Crippen molar-refractivity contribution >= 4 is 27.7 Å². The number of likely N-dealkylation sites (N-methyl/N-ethyl adjacent to an activating group) is 1. The maximum atomic E-state index is 12.7. The summed E-state index contributed by atoms with van der Waals surface area (Å²) in [4.78, 5) is 29.2. The van der Waals surface area contributed by atoms with Crippen LogP contribution < -0.4 is 4.72 Å². The third-order valence-corrected chi connectivity index (χ3v) is 5.50. The van der Waals surface area contributed by atoms with Crippen LogP contribution in [-0.2, 0) is 19.6 Å². The first-order chi connectivity index (χ1) is 12.3. The fourth-order valence-electron chi connectivity index (χ4n) is 2.65. The minimum Gasteiger partial charge on any atom is -0.481 e. The Hall–Kier alpha value is -2.42. The van der Waals surface area contributed by atoms with Crippen molar-refractivity contribution in [3.63, 3.8) is 0 Å². The number of aliphatic carboxylic acids is 1. The van der Waals surface area contributed by atoms with Gasteiger partial charge in [0.05, 0.1) is 11.3 Å². The Morgan fingerprint density at radius 3 is 2.65 bits per heavy atom. The summed E-state index contributed by atoms with van der Waals surface area (Å²) in [5.74, 6) is -1.16. The van der Waals surface area contributed by atoms with Crippen LogP contribution in [0.4, 0.5) is 0 Å². The largest absolute Gasteiger partial charge is 0.481 e. The van der Waals surface area contributed by atoms with E-state index in [2.05, 4.69) is 9.71 Å². The number of nitrogens with one attached hydrogen (secondary N) is 1. The molecule has 1 atom stereocenters. The van der Waals surface area contributed by atoms with Gasteiger partial charge in [0.15, 0.2) is 0 Å². The van der Waals surface area contributed by atoms with Crippen molar-refractivity contribution in [3.8, 4) is 0 Å². The molecule has 1 aromatic rings. The molecule has 8 nitrogen and oxygen atoms in total. The number of carbonyl (C=O) groups is 2. The molecule has 2 rings (SSSR count). The zero-order valence-electron chi connectivity index (χ0n) is 14.8. The van der Waals surface area contributed by atoms with Crippen LogP contribution in [0, 0.1) is 0 Å². The van der Waals surface area contributed by atoms with E-state index in [4.69, 9.17) is 5.11 Å². The van der Waals surface area contributed by atoms with Crippen molar-refractivity contribution in [2.75, 3.05) is 13.6 Å². The van der Waals surface area contributed by atoms with Crippen LogP contribution in [0.5, 0.6) is 0 Å². The summed E-state index contributed by atoms with van der Waals surface area (Å²) in [6.45, 7) is 2.06. The van der Waals surface area contributed by atoms with E-state index in [0.717, 1.165) is 12.8 Å². The summed E-state index contributed by atoms with van der Waals surface area (Å²) < 4.78 is 26.8. The predicted octanol–water partition coefficient (Wildman–Crippen LogP) is 1.22. The molecule has 142 valence electrons. The maximum absolute atomic E-state index is 12.7. The van der Waals surface area contributed by atoms with Crippen molar-refractivity contribution in [1.29, 1.82) is 0 Å². The number of fused-ring (bicyclic) bond motifs is 1. The normalized spacial score (nSPS) is 17.4. The Labute approximate surface area is 153 Å².